The van der Waals surface area contributed by atoms with E-state index in [4.69, 9.17) is 9.15 Å². The Balaban J connectivity index is 1.30. The predicted molar refractivity (Wildman–Crippen MR) is 129 cm³/mol. The molecule has 4 saturated carbocycles. The van der Waals surface area contributed by atoms with Crippen molar-refractivity contribution in [3.63, 3.8) is 0 Å². The summed E-state index contributed by atoms with van der Waals surface area (Å²) in [7, 11) is 1.29. The second-order valence-electron chi connectivity index (χ2n) is 11.0. The van der Waals surface area contributed by atoms with Gasteiger partial charge in [-0.25, -0.2) is 9.69 Å². The topological polar surface area (TPSA) is 97.1 Å². The van der Waals surface area contributed by atoms with Gasteiger partial charge in [-0.3, -0.25) is 14.4 Å². The van der Waals surface area contributed by atoms with Gasteiger partial charge in [-0.2, -0.15) is 0 Å². The van der Waals surface area contributed by atoms with Crippen LogP contribution in [0, 0.1) is 23.2 Å². The maximum atomic E-state index is 14.3. The van der Waals surface area contributed by atoms with Crippen LogP contribution in [0.25, 0.3) is 0 Å². The second kappa shape index (κ2) is 8.61. The minimum absolute atomic E-state index is 0.00737. The molecule has 5 aliphatic rings. The molecule has 2 heterocycles. The normalized spacial score (nSPS) is 30.6. The lowest BCUT2D eigenvalue weighted by atomic mass is 9.49. The van der Waals surface area contributed by atoms with Crippen LogP contribution in [0.4, 0.5) is 5.69 Å². The lowest BCUT2D eigenvalue weighted by Gasteiger charge is -2.56. The van der Waals surface area contributed by atoms with E-state index in [9.17, 15) is 19.2 Å². The number of methoxy groups -OCH3 is 1. The van der Waals surface area contributed by atoms with E-state index in [-0.39, 0.29) is 24.8 Å². The fourth-order valence-corrected chi connectivity index (χ4v) is 7.57. The highest BCUT2D eigenvalue weighted by atomic mass is 16.5. The number of furan rings is 1. The summed E-state index contributed by atoms with van der Waals surface area (Å²) in [5.74, 6) is 1.05. The highest BCUT2D eigenvalue weighted by Gasteiger charge is 2.57. The Labute approximate surface area is 209 Å². The molecule has 1 saturated heterocycles. The average Bonchev–Trinajstić information content (AvgIpc) is 3.48. The third-order valence-corrected chi connectivity index (χ3v) is 8.70. The Hall–Kier alpha value is -3.42. The predicted octanol–water partition coefficient (Wildman–Crippen LogP) is 3.94. The smallest absolute Gasteiger partial charge is 0.337 e. The van der Waals surface area contributed by atoms with Crippen LogP contribution in [0.5, 0.6) is 0 Å². The summed E-state index contributed by atoms with van der Waals surface area (Å²) in [6.45, 7) is 0.159. The number of ether oxygens (including phenoxy) is 1. The van der Waals surface area contributed by atoms with Gasteiger partial charge in [-0.05, 0) is 92.7 Å². The number of anilines is 1. The highest BCUT2D eigenvalue weighted by Crippen LogP contribution is 2.60. The fourth-order valence-electron chi connectivity index (χ4n) is 7.57. The SMILES string of the molecule is COC(=O)c1ccc(N2C(=O)CC(N(Cc3ccco3)C(=O)C34CC5CC(CC(C5)C3)C4)C2=O)cc1. The lowest BCUT2D eigenvalue weighted by Crippen LogP contribution is -2.57. The van der Waals surface area contributed by atoms with Crippen LogP contribution in [0.15, 0.2) is 47.1 Å². The van der Waals surface area contributed by atoms with Crippen LogP contribution in [-0.4, -0.2) is 41.7 Å². The van der Waals surface area contributed by atoms with Crippen LogP contribution in [0.3, 0.4) is 0 Å². The number of nitrogens with zero attached hydrogens (tertiary/aromatic N) is 2. The van der Waals surface area contributed by atoms with Crippen molar-refractivity contribution < 1.29 is 28.3 Å². The molecule has 2 aromatic rings. The molecular weight excluding hydrogens is 460 g/mol. The molecule has 188 valence electrons. The van der Waals surface area contributed by atoms with E-state index >= 15 is 0 Å². The van der Waals surface area contributed by atoms with Crippen molar-refractivity contribution in [1.82, 2.24) is 4.90 Å². The van der Waals surface area contributed by atoms with E-state index in [0.29, 0.717) is 34.8 Å². The molecule has 36 heavy (non-hydrogen) atoms. The Morgan fingerprint density at radius 2 is 1.67 bits per heavy atom. The van der Waals surface area contributed by atoms with Gasteiger partial charge < -0.3 is 14.1 Å². The van der Waals surface area contributed by atoms with Gasteiger partial charge >= 0.3 is 5.97 Å². The zero-order valence-corrected chi connectivity index (χ0v) is 20.4. The van der Waals surface area contributed by atoms with Gasteiger partial charge in [-0.1, -0.05) is 0 Å². The number of carbonyl (C=O) groups excluding carboxylic acids is 4. The van der Waals surface area contributed by atoms with Crippen LogP contribution < -0.4 is 4.90 Å². The lowest BCUT2D eigenvalue weighted by molar-refractivity contribution is -0.162. The summed E-state index contributed by atoms with van der Waals surface area (Å²) in [5, 5.41) is 0. The molecule has 1 aliphatic heterocycles. The van der Waals surface area contributed by atoms with E-state index in [1.165, 1.54) is 38.5 Å². The van der Waals surface area contributed by atoms with Gasteiger partial charge in [0.2, 0.25) is 11.8 Å². The minimum Gasteiger partial charge on any atom is -0.467 e. The van der Waals surface area contributed by atoms with Crippen LogP contribution in [0.1, 0.15) is 61.1 Å². The maximum Gasteiger partial charge on any atom is 0.337 e. The van der Waals surface area contributed by atoms with Crippen molar-refractivity contribution in [2.45, 2.75) is 57.5 Å². The second-order valence-corrected chi connectivity index (χ2v) is 11.0. The molecule has 0 radical (unpaired) electrons. The average molecular weight is 491 g/mol. The van der Waals surface area contributed by atoms with Crippen LogP contribution in [-0.2, 0) is 25.7 Å². The fraction of sp³-hybridized carbons (Fsp3) is 0.500. The quantitative estimate of drug-likeness (QED) is 0.449. The molecule has 4 bridgehead atoms. The Kier molecular flexibility index (Phi) is 5.50. The Morgan fingerprint density at radius 3 is 2.22 bits per heavy atom. The molecule has 1 atom stereocenters. The third kappa shape index (κ3) is 3.74. The van der Waals surface area contributed by atoms with E-state index in [0.717, 1.165) is 24.2 Å². The molecule has 5 fully saturated rings. The molecular formula is C28H30N2O6. The van der Waals surface area contributed by atoms with Gasteiger partial charge in [0.05, 0.1) is 43.0 Å². The maximum absolute atomic E-state index is 14.3. The van der Waals surface area contributed by atoms with Gasteiger partial charge in [0.15, 0.2) is 0 Å². The standard InChI is InChI=1S/C28H30N2O6/c1-35-26(33)20-4-6-21(7-5-20)30-24(31)12-23(25(30)32)29(16-22-3-2-8-36-22)27(34)28-13-17-9-18(14-28)11-19(10-17)15-28/h2-8,17-19,23H,9-16H2,1H3. The summed E-state index contributed by atoms with van der Waals surface area (Å²) in [4.78, 5) is 55.6. The first-order chi connectivity index (χ1) is 17.4. The van der Waals surface area contributed by atoms with Crippen molar-refractivity contribution >= 4 is 29.4 Å². The van der Waals surface area contributed by atoms with Gasteiger partial charge in [-0.15, -0.1) is 0 Å². The van der Waals surface area contributed by atoms with Crippen molar-refractivity contribution in [3.8, 4) is 0 Å². The first kappa shape index (κ1) is 23.0. The summed E-state index contributed by atoms with van der Waals surface area (Å²) in [5.41, 5.74) is 0.258. The van der Waals surface area contributed by atoms with Crippen LogP contribution in [0.2, 0.25) is 0 Å². The first-order valence-electron chi connectivity index (χ1n) is 12.8. The Morgan fingerprint density at radius 1 is 1.03 bits per heavy atom. The zero-order valence-electron chi connectivity index (χ0n) is 20.4. The van der Waals surface area contributed by atoms with Crippen molar-refractivity contribution in [2.24, 2.45) is 23.2 Å². The summed E-state index contributed by atoms with van der Waals surface area (Å²) in [6.07, 6.45) is 7.73. The summed E-state index contributed by atoms with van der Waals surface area (Å²) < 4.78 is 10.3. The number of hydrogen-bond acceptors (Lipinski definition) is 6. The van der Waals surface area contributed by atoms with E-state index in [2.05, 4.69) is 0 Å². The largest absolute Gasteiger partial charge is 0.467 e. The zero-order chi connectivity index (χ0) is 25.0. The van der Waals surface area contributed by atoms with Gasteiger partial charge in [0.25, 0.3) is 5.91 Å². The van der Waals surface area contributed by atoms with Crippen molar-refractivity contribution in [2.75, 3.05) is 12.0 Å². The molecule has 3 amide bonds. The number of benzene rings is 1. The number of amides is 3. The number of rotatable bonds is 6. The molecule has 8 nitrogen and oxygen atoms in total. The molecule has 0 spiro atoms. The molecule has 7 rings (SSSR count). The molecule has 4 aliphatic carbocycles. The van der Waals surface area contributed by atoms with E-state index in [1.54, 1.807) is 35.4 Å². The molecule has 1 unspecified atom stereocenters. The summed E-state index contributed by atoms with van der Waals surface area (Å²) in [6, 6.07) is 8.84. The highest BCUT2D eigenvalue weighted by molar-refractivity contribution is 6.23. The monoisotopic (exact) mass is 490 g/mol. The molecule has 1 aromatic carbocycles. The molecule has 1 aromatic heterocycles. The van der Waals surface area contributed by atoms with E-state index in [1.807, 2.05) is 0 Å². The third-order valence-electron chi connectivity index (χ3n) is 8.70. The van der Waals surface area contributed by atoms with Crippen molar-refractivity contribution in [1.29, 1.82) is 0 Å². The van der Waals surface area contributed by atoms with Gasteiger partial charge in [0, 0.05) is 0 Å². The molecule has 8 heteroatoms. The van der Waals surface area contributed by atoms with E-state index < -0.39 is 23.3 Å². The Bertz CT molecular complexity index is 1170. The first-order valence-corrected chi connectivity index (χ1v) is 12.8. The number of imide groups is 1. The molecule has 0 N–H and O–H groups in total. The van der Waals surface area contributed by atoms with Crippen molar-refractivity contribution in [3.05, 3.63) is 54.0 Å². The number of esters is 1. The number of hydrogen-bond donors (Lipinski definition) is 0. The number of carbonyl (C=O) groups is 4. The van der Waals surface area contributed by atoms with Gasteiger partial charge in [0.1, 0.15) is 11.8 Å². The van der Waals surface area contributed by atoms with Crippen LogP contribution >= 0.6 is 0 Å². The minimum atomic E-state index is -0.886. The summed E-state index contributed by atoms with van der Waals surface area (Å²) >= 11 is 0.